The van der Waals surface area contributed by atoms with Crippen LogP contribution in [0.5, 0.6) is 0 Å². The smallest absolute Gasteiger partial charge is 0.161 e. The van der Waals surface area contributed by atoms with E-state index in [0.29, 0.717) is 6.54 Å². The lowest BCUT2D eigenvalue weighted by Crippen LogP contribution is -2.20. The van der Waals surface area contributed by atoms with Gasteiger partial charge in [0.25, 0.3) is 0 Å². The number of anilines is 1. The molecule has 1 aromatic carbocycles. The fourth-order valence-corrected chi connectivity index (χ4v) is 3.70. The lowest BCUT2D eigenvalue weighted by molar-refractivity contribution is 0.333. The number of nitrogens with zero attached hydrogens (tertiary/aromatic N) is 2. The normalized spacial score (nSPS) is 16.7. The van der Waals surface area contributed by atoms with Gasteiger partial charge in [0.2, 0.25) is 0 Å². The first-order valence-corrected chi connectivity index (χ1v) is 8.75. The molecule has 1 fully saturated rings. The minimum Gasteiger partial charge on any atom is -0.335 e. The number of benzene rings is 1. The van der Waals surface area contributed by atoms with E-state index in [-0.39, 0.29) is 30.6 Å². The maximum Gasteiger partial charge on any atom is 0.161 e. The molecule has 0 saturated carbocycles. The molecule has 0 radical (unpaired) electrons. The Hall–Kier alpha value is -0.490. The first kappa shape index (κ1) is 20.6. The maximum atomic E-state index is 13.1. The Balaban J connectivity index is 0.00000132. The molecule has 130 valence electrons. The summed E-state index contributed by atoms with van der Waals surface area (Å²) >= 11 is 1.77. The van der Waals surface area contributed by atoms with E-state index < -0.39 is 0 Å². The number of amidine groups is 1. The van der Waals surface area contributed by atoms with Crippen LogP contribution in [0.15, 0.2) is 23.2 Å². The Morgan fingerprint density at radius 1 is 1.17 bits per heavy atom. The van der Waals surface area contributed by atoms with Gasteiger partial charge in [-0.05, 0) is 63.5 Å². The summed E-state index contributed by atoms with van der Waals surface area (Å²) in [6, 6.07) is 4.85. The highest BCUT2D eigenvalue weighted by Gasteiger charge is 2.13. The fourth-order valence-electron chi connectivity index (χ4n) is 2.82. The SMILES string of the molecule is Cl.Cl.Fc1ccc2c(c1)CN=C(SCCCCN1CCCC1)N2. The van der Waals surface area contributed by atoms with Crippen molar-refractivity contribution in [3.05, 3.63) is 29.6 Å². The second kappa shape index (κ2) is 10.4. The van der Waals surface area contributed by atoms with Crippen molar-refractivity contribution < 1.29 is 4.39 Å². The van der Waals surface area contributed by atoms with Crippen LogP contribution in [0.1, 0.15) is 31.2 Å². The zero-order valence-corrected chi connectivity index (χ0v) is 15.5. The van der Waals surface area contributed by atoms with E-state index in [1.807, 2.05) is 0 Å². The number of hydrogen-bond donors (Lipinski definition) is 1. The average Bonchev–Trinajstić information content (AvgIpc) is 3.00. The van der Waals surface area contributed by atoms with Gasteiger partial charge in [0.15, 0.2) is 5.17 Å². The highest BCUT2D eigenvalue weighted by Crippen LogP contribution is 2.24. The zero-order chi connectivity index (χ0) is 14.5. The molecule has 7 heteroatoms. The summed E-state index contributed by atoms with van der Waals surface area (Å²) in [7, 11) is 0. The highest BCUT2D eigenvalue weighted by molar-refractivity contribution is 8.14. The van der Waals surface area contributed by atoms with Crippen molar-refractivity contribution in [3.63, 3.8) is 0 Å². The van der Waals surface area contributed by atoms with E-state index >= 15 is 0 Å². The molecule has 1 N–H and O–H groups in total. The minimum atomic E-state index is -0.191. The van der Waals surface area contributed by atoms with Gasteiger partial charge < -0.3 is 10.2 Å². The second-order valence-corrected chi connectivity index (χ2v) is 6.74. The second-order valence-electron chi connectivity index (χ2n) is 5.65. The van der Waals surface area contributed by atoms with Gasteiger partial charge in [-0.15, -0.1) is 24.8 Å². The summed E-state index contributed by atoms with van der Waals surface area (Å²) in [5.74, 6) is 0.902. The topological polar surface area (TPSA) is 27.6 Å². The summed E-state index contributed by atoms with van der Waals surface area (Å²) in [6.45, 7) is 4.39. The van der Waals surface area contributed by atoms with Crippen molar-refractivity contribution in [2.45, 2.75) is 32.2 Å². The molecule has 23 heavy (non-hydrogen) atoms. The minimum absolute atomic E-state index is 0. The van der Waals surface area contributed by atoms with Gasteiger partial charge >= 0.3 is 0 Å². The van der Waals surface area contributed by atoms with E-state index in [4.69, 9.17) is 0 Å². The Kier molecular flexibility index (Phi) is 9.29. The number of thioether (sulfide) groups is 1. The zero-order valence-electron chi connectivity index (χ0n) is 13.1. The first-order valence-electron chi connectivity index (χ1n) is 7.76. The third-order valence-corrected chi connectivity index (χ3v) is 5.01. The van der Waals surface area contributed by atoms with Crippen molar-refractivity contribution in [3.8, 4) is 0 Å². The number of unbranched alkanes of at least 4 members (excludes halogenated alkanes) is 1. The number of likely N-dealkylation sites (tertiary alicyclic amines) is 1. The van der Waals surface area contributed by atoms with Crippen LogP contribution in [0.25, 0.3) is 0 Å². The lowest BCUT2D eigenvalue weighted by atomic mass is 10.1. The number of aliphatic imine (C=N–C) groups is 1. The molecule has 0 atom stereocenters. The number of halogens is 3. The molecule has 1 saturated heterocycles. The Morgan fingerprint density at radius 3 is 2.74 bits per heavy atom. The van der Waals surface area contributed by atoms with Gasteiger partial charge in [-0.3, -0.25) is 4.99 Å². The number of hydrogen-bond acceptors (Lipinski definition) is 4. The number of rotatable bonds is 5. The molecular weight excluding hydrogens is 356 g/mol. The third-order valence-electron chi connectivity index (χ3n) is 4.01. The van der Waals surface area contributed by atoms with Crippen LogP contribution in [-0.4, -0.2) is 35.5 Å². The van der Waals surface area contributed by atoms with Crippen LogP contribution in [0.2, 0.25) is 0 Å². The molecule has 1 aromatic rings. The van der Waals surface area contributed by atoms with Crippen molar-refractivity contribution in [1.82, 2.24) is 4.90 Å². The molecule has 0 spiro atoms. The van der Waals surface area contributed by atoms with E-state index in [9.17, 15) is 4.39 Å². The van der Waals surface area contributed by atoms with E-state index in [2.05, 4.69) is 15.2 Å². The summed E-state index contributed by atoms with van der Waals surface area (Å²) in [4.78, 5) is 7.04. The average molecular weight is 380 g/mol. The van der Waals surface area contributed by atoms with Gasteiger partial charge in [-0.1, -0.05) is 11.8 Å². The van der Waals surface area contributed by atoms with Crippen LogP contribution in [0.3, 0.4) is 0 Å². The quantitative estimate of drug-likeness (QED) is 0.759. The number of fused-ring (bicyclic) bond motifs is 1. The maximum absolute atomic E-state index is 13.1. The van der Waals surface area contributed by atoms with Crippen molar-refractivity contribution in [2.24, 2.45) is 4.99 Å². The van der Waals surface area contributed by atoms with Crippen LogP contribution in [0, 0.1) is 5.82 Å². The monoisotopic (exact) mass is 379 g/mol. The fraction of sp³-hybridized carbons (Fsp3) is 0.562. The Labute approximate surface area is 154 Å². The standard InChI is InChI=1S/C16H22FN3S.2ClH/c17-14-5-6-15-13(11-14)12-18-16(19-15)21-10-4-3-9-20-7-1-2-8-20;;/h5-6,11H,1-4,7-10,12H2,(H,18,19);2*1H. The summed E-state index contributed by atoms with van der Waals surface area (Å²) in [6.07, 6.45) is 5.23. The molecular formula is C16H24Cl2FN3S. The predicted molar refractivity (Wildman–Crippen MR) is 103 cm³/mol. The molecule has 0 aromatic heterocycles. The van der Waals surface area contributed by atoms with E-state index in [1.165, 1.54) is 51.4 Å². The van der Waals surface area contributed by atoms with Gasteiger partial charge in [-0.25, -0.2) is 4.39 Å². The molecule has 0 amide bonds. The van der Waals surface area contributed by atoms with Crippen molar-refractivity contribution in [2.75, 3.05) is 30.7 Å². The van der Waals surface area contributed by atoms with Gasteiger partial charge in [0.05, 0.1) is 6.54 Å². The van der Waals surface area contributed by atoms with E-state index in [1.54, 1.807) is 23.9 Å². The Bertz CT molecular complexity index is 522. The van der Waals surface area contributed by atoms with Gasteiger partial charge in [0, 0.05) is 17.0 Å². The molecule has 3 nitrogen and oxygen atoms in total. The summed E-state index contributed by atoms with van der Waals surface area (Å²) in [5, 5.41) is 4.26. The van der Waals surface area contributed by atoms with Crippen LogP contribution in [-0.2, 0) is 6.54 Å². The van der Waals surface area contributed by atoms with Crippen LogP contribution < -0.4 is 5.32 Å². The summed E-state index contributed by atoms with van der Waals surface area (Å²) in [5.41, 5.74) is 1.93. The number of nitrogens with one attached hydrogen (secondary N) is 1. The molecule has 2 aliphatic heterocycles. The first-order chi connectivity index (χ1) is 10.3. The van der Waals surface area contributed by atoms with Gasteiger partial charge in [-0.2, -0.15) is 0 Å². The predicted octanol–water partition coefficient (Wildman–Crippen LogP) is 4.56. The molecule has 3 rings (SSSR count). The molecule has 0 bridgehead atoms. The van der Waals surface area contributed by atoms with Crippen molar-refractivity contribution in [1.29, 1.82) is 0 Å². The summed E-state index contributed by atoms with van der Waals surface area (Å²) < 4.78 is 13.1. The molecule has 2 aliphatic rings. The molecule has 2 heterocycles. The van der Waals surface area contributed by atoms with Crippen LogP contribution >= 0.6 is 36.6 Å². The third kappa shape index (κ3) is 6.14. The highest BCUT2D eigenvalue weighted by atomic mass is 35.5. The molecule has 0 unspecified atom stereocenters. The lowest BCUT2D eigenvalue weighted by Gasteiger charge is -2.18. The van der Waals surface area contributed by atoms with E-state index in [0.717, 1.165) is 22.2 Å². The van der Waals surface area contributed by atoms with Crippen LogP contribution in [0.4, 0.5) is 10.1 Å². The van der Waals surface area contributed by atoms with Crippen molar-refractivity contribution >= 4 is 47.4 Å². The van der Waals surface area contributed by atoms with Gasteiger partial charge in [0.1, 0.15) is 5.82 Å². The largest absolute Gasteiger partial charge is 0.335 e. The molecule has 0 aliphatic carbocycles. The Morgan fingerprint density at radius 2 is 1.96 bits per heavy atom.